The minimum atomic E-state index is 0.200. The van der Waals surface area contributed by atoms with Crippen LogP contribution in [0.15, 0.2) is 35.5 Å². The van der Waals surface area contributed by atoms with Crippen LogP contribution in [0.5, 0.6) is 0 Å². The van der Waals surface area contributed by atoms with Gasteiger partial charge in [-0.25, -0.2) is 0 Å². The fourth-order valence-corrected chi connectivity index (χ4v) is 4.99. The van der Waals surface area contributed by atoms with E-state index in [0.717, 1.165) is 37.1 Å². The fraction of sp³-hybridized carbons (Fsp3) is 0.526. The highest BCUT2D eigenvalue weighted by Gasteiger charge is 2.50. The van der Waals surface area contributed by atoms with Gasteiger partial charge < -0.3 is 10.6 Å². The predicted molar refractivity (Wildman–Crippen MR) is 88.1 cm³/mol. The summed E-state index contributed by atoms with van der Waals surface area (Å²) in [4.78, 5) is 14.9. The number of nitrogen functional groups attached to an aromatic ring is 1. The van der Waals surface area contributed by atoms with Crippen LogP contribution < -0.4 is 5.73 Å². The normalized spacial score (nSPS) is 30.7. The zero-order valence-electron chi connectivity index (χ0n) is 13.3. The van der Waals surface area contributed by atoms with Gasteiger partial charge in [0.05, 0.1) is 0 Å². The molecule has 0 aromatic heterocycles. The summed E-state index contributed by atoms with van der Waals surface area (Å²) in [5.74, 6) is 0.498. The van der Waals surface area contributed by atoms with Crippen molar-refractivity contribution < 1.29 is 4.79 Å². The van der Waals surface area contributed by atoms with Crippen LogP contribution in [0.25, 0.3) is 0 Å². The monoisotopic (exact) mass is 296 g/mol. The van der Waals surface area contributed by atoms with Crippen LogP contribution in [-0.2, 0) is 4.79 Å². The summed E-state index contributed by atoms with van der Waals surface area (Å²) in [5, 5.41) is 0. The zero-order valence-corrected chi connectivity index (χ0v) is 13.3. The molecule has 0 unspecified atom stereocenters. The molecular weight excluding hydrogens is 272 g/mol. The van der Waals surface area contributed by atoms with E-state index < -0.39 is 0 Å². The molecule has 1 aromatic carbocycles. The summed E-state index contributed by atoms with van der Waals surface area (Å²) in [6.45, 7) is 3.20. The third-order valence-electron chi connectivity index (χ3n) is 6.13. The molecule has 2 aliphatic heterocycles. The second-order valence-corrected chi connectivity index (χ2v) is 7.04. The molecule has 3 aliphatic rings. The van der Waals surface area contributed by atoms with Gasteiger partial charge in [0.25, 0.3) is 0 Å². The number of para-hydroxylation sites is 1. The number of carbonyl (C=O) groups excluding carboxylic acids is 1. The average Bonchev–Trinajstić information content (AvgIpc) is 2.93. The molecule has 116 valence electrons. The molecule has 1 aromatic rings. The molecule has 1 aliphatic carbocycles. The zero-order chi connectivity index (χ0) is 15.3. The van der Waals surface area contributed by atoms with Gasteiger partial charge in [0.2, 0.25) is 5.91 Å². The molecular formula is C19H24N2O. The van der Waals surface area contributed by atoms with Gasteiger partial charge in [-0.3, -0.25) is 4.79 Å². The number of nitrogens with zero attached hydrogens (tertiary/aromatic N) is 1. The SMILES string of the molecule is CC[C@]12CCCN3C(=O)C[C@H](c4ccccc4N)C(=C31)CC2. The van der Waals surface area contributed by atoms with Crippen molar-refractivity contribution in [1.82, 2.24) is 4.90 Å². The molecule has 0 radical (unpaired) electrons. The van der Waals surface area contributed by atoms with E-state index in [0.29, 0.717) is 12.3 Å². The summed E-state index contributed by atoms with van der Waals surface area (Å²) < 4.78 is 0. The average molecular weight is 296 g/mol. The van der Waals surface area contributed by atoms with Gasteiger partial charge in [-0.2, -0.15) is 0 Å². The Balaban J connectivity index is 1.86. The van der Waals surface area contributed by atoms with Gasteiger partial charge in [-0.05, 0) is 49.3 Å². The summed E-state index contributed by atoms with van der Waals surface area (Å²) in [5.41, 5.74) is 11.3. The lowest BCUT2D eigenvalue weighted by Crippen LogP contribution is -2.45. The summed E-state index contributed by atoms with van der Waals surface area (Å²) in [7, 11) is 0. The smallest absolute Gasteiger partial charge is 0.227 e. The van der Waals surface area contributed by atoms with E-state index in [4.69, 9.17) is 5.73 Å². The lowest BCUT2D eigenvalue weighted by Gasteiger charge is -2.45. The molecule has 22 heavy (non-hydrogen) atoms. The van der Waals surface area contributed by atoms with Crippen molar-refractivity contribution in [1.29, 1.82) is 0 Å². The van der Waals surface area contributed by atoms with Crippen molar-refractivity contribution in [3.63, 3.8) is 0 Å². The summed E-state index contributed by atoms with van der Waals surface area (Å²) in [6, 6.07) is 8.07. The van der Waals surface area contributed by atoms with E-state index >= 15 is 0 Å². The molecule has 0 saturated carbocycles. The van der Waals surface area contributed by atoms with Crippen molar-refractivity contribution in [2.75, 3.05) is 12.3 Å². The Morgan fingerprint density at radius 2 is 2.14 bits per heavy atom. The molecule has 2 atom stereocenters. The van der Waals surface area contributed by atoms with Crippen LogP contribution in [-0.4, -0.2) is 17.4 Å². The fourth-order valence-electron chi connectivity index (χ4n) is 4.99. The van der Waals surface area contributed by atoms with E-state index in [9.17, 15) is 4.79 Å². The number of nitrogens with two attached hydrogens (primary N) is 1. The second-order valence-electron chi connectivity index (χ2n) is 7.04. The molecule has 2 N–H and O–H groups in total. The number of hydrogen-bond donors (Lipinski definition) is 1. The number of piperidine rings is 1. The Morgan fingerprint density at radius 3 is 2.91 bits per heavy atom. The first-order chi connectivity index (χ1) is 10.7. The van der Waals surface area contributed by atoms with E-state index in [1.165, 1.54) is 24.1 Å². The summed E-state index contributed by atoms with van der Waals surface area (Å²) in [6.07, 6.45) is 6.46. The lowest BCUT2D eigenvalue weighted by atomic mass is 9.73. The number of rotatable bonds is 2. The minimum absolute atomic E-state index is 0.200. The van der Waals surface area contributed by atoms with E-state index in [1.54, 1.807) is 0 Å². The maximum absolute atomic E-state index is 12.8. The molecule has 1 saturated heterocycles. The second kappa shape index (κ2) is 4.87. The number of carbonyl (C=O) groups is 1. The van der Waals surface area contributed by atoms with E-state index in [2.05, 4.69) is 17.9 Å². The maximum atomic E-state index is 12.8. The van der Waals surface area contributed by atoms with Gasteiger partial charge in [-0.15, -0.1) is 0 Å². The van der Waals surface area contributed by atoms with Crippen molar-refractivity contribution in [2.24, 2.45) is 5.41 Å². The van der Waals surface area contributed by atoms with Gasteiger partial charge in [0.1, 0.15) is 0 Å². The standard InChI is InChI=1S/C19H24N2O/c1-2-19-9-5-11-21-17(22)12-15(14(8-10-19)18(19)21)13-6-3-4-7-16(13)20/h3-4,6-7,15H,2,5,8-12,20H2,1H3/t15-,19-/m1/s1. The molecule has 0 spiro atoms. The molecule has 0 bridgehead atoms. The van der Waals surface area contributed by atoms with Gasteiger partial charge in [-0.1, -0.05) is 25.1 Å². The number of benzene rings is 1. The molecule has 4 rings (SSSR count). The van der Waals surface area contributed by atoms with Crippen LogP contribution in [0.1, 0.15) is 56.9 Å². The minimum Gasteiger partial charge on any atom is -0.398 e. The highest BCUT2D eigenvalue weighted by Crippen LogP contribution is 2.58. The Hall–Kier alpha value is -1.77. The van der Waals surface area contributed by atoms with Crippen LogP contribution in [0, 0.1) is 5.41 Å². The van der Waals surface area contributed by atoms with Crippen LogP contribution in [0.2, 0.25) is 0 Å². The maximum Gasteiger partial charge on any atom is 0.227 e. The molecule has 1 fully saturated rings. The Kier molecular flexibility index (Phi) is 3.07. The van der Waals surface area contributed by atoms with Gasteiger partial charge in [0.15, 0.2) is 0 Å². The van der Waals surface area contributed by atoms with Gasteiger partial charge >= 0.3 is 0 Å². The third kappa shape index (κ3) is 1.77. The molecule has 2 heterocycles. The van der Waals surface area contributed by atoms with Crippen LogP contribution in [0.3, 0.4) is 0 Å². The van der Waals surface area contributed by atoms with Crippen LogP contribution >= 0.6 is 0 Å². The van der Waals surface area contributed by atoms with Crippen molar-refractivity contribution in [3.05, 3.63) is 41.1 Å². The number of hydrogen-bond acceptors (Lipinski definition) is 2. The molecule has 1 amide bonds. The topological polar surface area (TPSA) is 46.3 Å². The highest BCUT2D eigenvalue weighted by atomic mass is 16.2. The number of allylic oxidation sites excluding steroid dienone is 2. The van der Waals surface area contributed by atoms with Gasteiger partial charge in [0, 0.05) is 35.7 Å². The number of amides is 1. The van der Waals surface area contributed by atoms with Crippen molar-refractivity contribution in [3.8, 4) is 0 Å². The first-order valence-corrected chi connectivity index (χ1v) is 8.54. The molecule has 3 heteroatoms. The summed E-state index contributed by atoms with van der Waals surface area (Å²) >= 11 is 0. The van der Waals surface area contributed by atoms with Crippen molar-refractivity contribution >= 4 is 11.6 Å². The lowest BCUT2D eigenvalue weighted by molar-refractivity contribution is -0.132. The van der Waals surface area contributed by atoms with E-state index in [1.807, 2.05) is 18.2 Å². The first-order valence-electron chi connectivity index (χ1n) is 8.54. The highest BCUT2D eigenvalue weighted by molar-refractivity contribution is 5.83. The first kappa shape index (κ1) is 13.9. The molecule has 3 nitrogen and oxygen atoms in total. The van der Waals surface area contributed by atoms with E-state index in [-0.39, 0.29) is 11.3 Å². The van der Waals surface area contributed by atoms with Crippen LogP contribution in [0.4, 0.5) is 5.69 Å². The Bertz CT molecular complexity index is 663. The largest absolute Gasteiger partial charge is 0.398 e. The number of anilines is 1. The van der Waals surface area contributed by atoms with Crippen molar-refractivity contribution in [2.45, 2.75) is 51.4 Å². The third-order valence-corrected chi connectivity index (χ3v) is 6.13. The quantitative estimate of drug-likeness (QED) is 0.843. The Labute approximate surface area is 132 Å². The Morgan fingerprint density at radius 1 is 1.32 bits per heavy atom. The predicted octanol–water partition coefficient (Wildman–Crippen LogP) is 3.82.